The lowest BCUT2D eigenvalue weighted by Gasteiger charge is -2.26. The summed E-state index contributed by atoms with van der Waals surface area (Å²) in [5.74, 6) is -0.699. The predicted molar refractivity (Wildman–Crippen MR) is 82.1 cm³/mol. The topological polar surface area (TPSA) is 40.6 Å². The Labute approximate surface area is 125 Å². The predicted octanol–water partition coefficient (Wildman–Crippen LogP) is 2.37. The number of carbonyl (C=O) groups excluding carboxylic acids is 2. The molecule has 0 spiro atoms. The molecular formula is C17H22N2O2. The highest BCUT2D eigenvalue weighted by atomic mass is 16.2. The van der Waals surface area contributed by atoms with E-state index in [1.54, 1.807) is 9.80 Å². The Morgan fingerprint density at radius 1 is 1.00 bits per heavy atom. The van der Waals surface area contributed by atoms with Gasteiger partial charge in [-0.25, -0.2) is 0 Å². The van der Waals surface area contributed by atoms with Crippen LogP contribution in [-0.2, 0) is 16.0 Å². The summed E-state index contributed by atoms with van der Waals surface area (Å²) in [5, 5.41) is 0. The van der Waals surface area contributed by atoms with Gasteiger partial charge in [-0.2, -0.15) is 0 Å². The SMILES string of the molecule is CC1Cc2ccccc2N1C(=O)C(=O)N1CCCCCC1. The number of hydrogen-bond acceptors (Lipinski definition) is 2. The summed E-state index contributed by atoms with van der Waals surface area (Å²) < 4.78 is 0. The molecule has 1 aromatic carbocycles. The van der Waals surface area contributed by atoms with Crippen molar-refractivity contribution in [1.29, 1.82) is 0 Å². The highest BCUT2D eigenvalue weighted by Crippen LogP contribution is 2.32. The van der Waals surface area contributed by atoms with Crippen molar-refractivity contribution in [2.45, 2.75) is 45.1 Å². The van der Waals surface area contributed by atoms with Crippen molar-refractivity contribution in [3.63, 3.8) is 0 Å². The molecule has 0 aliphatic carbocycles. The van der Waals surface area contributed by atoms with Crippen LogP contribution in [0.1, 0.15) is 38.2 Å². The van der Waals surface area contributed by atoms with Crippen LogP contribution in [0.2, 0.25) is 0 Å². The first-order chi connectivity index (χ1) is 10.2. The quantitative estimate of drug-likeness (QED) is 0.687. The number of nitrogens with zero attached hydrogens (tertiary/aromatic N) is 2. The van der Waals surface area contributed by atoms with Crippen LogP contribution in [0.3, 0.4) is 0 Å². The minimum Gasteiger partial charge on any atom is -0.334 e. The summed E-state index contributed by atoms with van der Waals surface area (Å²) in [6.45, 7) is 3.44. The maximum atomic E-state index is 12.7. The number of hydrogen-bond donors (Lipinski definition) is 0. The Morgan fingerprint density at radius 3 is 2.38 bits per heavy atom. The molecule has 112 valence electrons. The highest BCUT2D eigenvalue weighted by Gasteiger charge is 2.36. The van der Waals surface area contributed by atoms with Gasteiger partial charge >= 0.3 is 11.8 Å². The molecule has 1 aromatic rings. The minimum absolute atomic E-state index is 0.0610. The van der Waals surface area contributed by atoms with E-state index >= 15 is 0 Å². The molecule has 0 radical (unpaired) electrons. The van der Waals surface area contributed by atoms with E-state index in [2.05, 4.69) is 0 Å². The van der Waals surface area contributed by atoms with Crippen LogP contribution >= 0.6 is 0 Å². The van der Waals surface area contributed by atoms with Gasteiger partial charge in [-0.15, -0.1) is 0 Å². The van der Waals surface area contributed by atoms with Crippen LogP contribution in [0, 0.1) is 0 Å². The molecule has 0 aromatic heterocycles. The van der Waals surface area contributed by atoms with Crippen LogP contribution in [0.25, 0.3) is 0 Å². The summed E-state index contributed by atoms with van der Waals surface area (Å²) in [6, 6.07) is 7.94. The molecule has 0 bridgehead atoms. The van der Waals surface area contributed by atoms with Gasteiger partial charge in [-0.3, -0.25) is 9.59 Å². The van der Waals surface area contributed by atoms with Gasteiger partial charge in [-0.05, 0) is 37.8 Å². The van der Waals surface area contributed by atoms with Crippen LogP contribution < -0.4 is 4.90 Å². The van der Waals surface area contributed by atoms with E-state index in [4.69, 9.17) is 0 Å². The summed E-state index contributed by atoms with van der Waals surface area (Å²) in [7, 11) is 0. The molecule has 2 heterocycles. The number of rotatable bonds is 0. The molecule has 21 heavy (non-hydrogen) atoms. The Kier molecular flexibility index (Phi) is 3.95. The molecular weight excluding hydrogens is 264 g/mol. The van der Waals surface area contributed by atoms with E-state index in [0.717, 1.165) is 43.4 Å². The third-order valence-corrected chi connectivity index (χ3v) is 4.50. The Bertz CT molecular complexity index is 547. The molecule has 4 heteroatoms. The van der Waals surface area contributed by atoms with Crippen LogP contribution in [0.5, 0.6) is 0 Å². The van der Waals surface area contributed by atoms with Gasteiger partial charge in [0.05, 0.1) is 0 Å². The van der Waals surface area contributed by atoms with E-state index in [9.17, 15) is 9.59 Å². The summed E-state index contributed by atoms with van der Waals surface area (Å²) in [6.07, 6.45) is 5.15. The van der Waals surface area contributed by atoms with Gasteiger partial charge in [0.25, 0.3) is 0 Å². The smallest absolute Gasteiger partial charge is 0.316 e. The molecule has 0 N–H and O–H groups in total. The standard InChI is InChI=1S/C17H22N2O2/c1-13-12-14-8-4-5-9-15(14)19(13)17(21)16(20)18-10-6-2-3-7-11-18/h4-5,8-9,13H,2-3,6-7,10-12H2,1H3. The van der Waals surface area contributed by atoms with Crippen molar-refractivity contribution in [3.8, 4) is 0 Å². The molecule has 4 nitrogen and oxygen atoms in total. The van der Waals surface area contributed by atoms with E-state index < -0.39 is 0 Å². The molecule has 1 unspecified atom stereocenters. The van der Waals surface area contributed by atoms with E-state index in [0.29, 0.717) is 13.1 Å². The maximum Gasteiger partial charge on any atom is 0.316 e. The number of anilines is 1. The zero-order valence-electron chi connectivity index (χ0n) is 12.5. The third-order valence-electron chi connectivity index (χ3n) is 4.50. The van der Waals surface area contributed by atoms with Crippen molar-refractivity contribution in [3.05, 3.63) is 29.8 Å². The van der Waals surface area contributed by atoms with E-state index in [1.165, 1.54) is 0 Å². The van der Waals surface area contributed by atoms with Crippen LogP contribution in [0.4, 0.5) is 5.69 Å². The molecule has 2 aliphatic rings. The molecule has 3 rings (SSSR count). The fourth-order valence-electron chi connectivity index (χ4n) is 3.39. The first-order valence-electron chi connectivity index (χ1n) is 7.89. The van der Waals surface area contributed by atoms with Crippen molar-refractivity contribution in [2.75, 3.05) is 18.0 Å². The maximum absolute atomic E-state index is 12.7. The normalized spacial score (nSPS) is 21.9. The molecule has 0 saturated carbocycles. The number of para-hydroxylation sites is 1. The summed E-state index contributed by atoms with van der Waals surface area (Å²) in [5.41, 5.74) is 2.06. The minimum atomic E-state index is -0.366. The van der Waals surface area contributed by atoms with Crippen molar-refractivity contribution in [1.82, 2.24) is 4.90 Å². The fourth-order valence-corrected chi connectivity index (χ4v) is 3.39. The lowest BCUT2D eigenvalue weighted by atomic mass is 10.1. The van der Waals surface area contributed by atoms with Gasteiger partial charge in [0.2, 0.25) is 0 Å². The van der Waals surface area contributed by atoms with Crippen LogP contribution in [0.15, 0.2) is 24.3 Å². The highest BCUT2D eigenvalue weighted by molar-refractivity contribution is 6.40. The zero-order chi connectivity index (χ0) is 14.8. The molecule has 1 atom stereocenters. The Morgan fingerprint density at radius 2 is 1.67 bits per heavy atom. The molecule has 2 amide bonds. The first kappa shape index (κ1) is 14.1. The average molecular weight is 286 g/mol. The van der Waals surface area contributed by atoms with Crippen molar-refractivity contribution < 1.29 is 9.59 Å². The lowest BCUT2D eigenvalue weighted by molar-refractivity contribution is -0.144. The van der Waals surface area contributed by atoms with Gasteiger partial charge in [-0.1, -0.05) is 31.0 Å². The van der Waals surface area contributed by atoms with Gasteiger partial charge in [0.15, 0.2) is 0 Å². The van der Waals surface area contributed by atoms with Gasteiger partial charge < -0.3 is 9.80 Å². The number of fused-ring (bicyclic) bond motifs is 1. The number of amides is 2. The van der Waals surface area contributed by atoms with Crippen LogP contribution in [-0.4, -0.2) is 35.8 Å². The zero-order valence-corrected chi connectivity index (χ0v) is 12.5. The van der Waals surface area contributed by atoms with E-state index in [1.807, 2.05) is 31.2 Å². The Balaban J connectivity index is 1.80. The fraction of sp³-hybridized carbons (Fsp3) is 0.529. The molecule has 1 fully saturated rings. The van der Waals surface area contributed by atoms with E-state index in [-0.39, 0.29) is 17.9 Å². The number of carbonyl (C=O) groups is 2. The van der Waals surface area contributed by atoms with Crippen molar-refractivity contribution >= 4 is 17.5 Å². The summed E-state index contributed by atoms with van der Waals surface area (Å²) >= 11 is 0. The molecule has 2 aliphatic heterocycles. The monoisotopic (exact) mass is 286 g/mol. The average Bonchev–Trinajstić information content (AvgIpc) is 2.67. The first-order valence-corrected chi connectivity index (χ1v) is 7.89. The van der Waals surface area contributed by atoms with Crippen molar-refractivity contribution in [2.24, 2.45) is 0 Å². The lowest BCUT2D eigenvalue weighted by Crippen LogP contribution is -2.47. The second-order valence-corrected chi connectivity index (χ2v) is 6.06. The Hall–Kier alpha value is -1.84. The summed E-state index contributed by atoms with van der Waals surface area (Å²) in [4.78, 5) is 28.6. The van der Waals surface area contributed by atoms with Gasteiger partial charge in [0.1, 0.15) is 0 Å². The largest absolute Gasteiger partial charge is 0.334 e. The second-order valence-electron chi connectivity index (χ2n) is 6.06. The van der Waals surface area contributed by atoms with Gasteiger partial charge in [0, 0.05) is 24.8 Å². The number of benzene rings is 1. The molecule has 1 saturated heterocycles. The third kappa shape index (κ3) is 2.67. The number of likely N-dealkylation sites (tertiary alicyclic amines) is 1. The second kappa shape index (κ2) is 5.88.